The second-order valence-electron chi connectivity index (χ2n) is 7.92. The lowest BCUT2D eigenvalue weighted by atomic mass is 10.0. The van der Waals surface area contributed by atoms with E-state index >= 15 is 0 Å². The molecule has 0 atom stereocenters. The number of amides is 1. The van der Waals surface area contributed by atoms with Gasteiger partial charge in [-0.2, -0.15) is 0 Å². The van der Waals surface area contributed by atoms with Gasteiger partial charge in [0.25, 0.3) is 6.47 Å². The van der Waals surface area contributed by atoms with Crippen molar-refractivity contribution < 1.29 is 33.3 Å². The molecule has 3 aromatic rings. The average Bonchev–Trinajstić information content (AvgIpc) is 2.90. The van der Waals surface area contributed by atoms with Gasteiger partial charge < -0.3 is 29.0 Å². The van der Waals surface area contributed by atoms with Gasteiger partial charge in [0.2, 0.25) is 5.91 Å². The number of hydrogen-bond acceptors (Lipinski definition) is 7. The van der Waals surface area contributed by atoms with E-state index < -0.39 is 0 Å². The van der Waals surface area contributed by atoms with Crippen molar-refractivity contribution in [3.8, 4) is 23.0 Å². The fraction of sp³-hybridized carbons (Fsp3) is 0.286. The molecule has 0 bridgehead atoms. The van der Waals surface area contributed by atoms with Crippen molar-refractivity contribution in [3.05, 3.63) is 82.9 Å². The zero-order valence-corrected chi connectivity index (χ0v) is 20.7. The summed E-state index contributed by atoms with van der Waals surface area (Å²) in [5.74, 6) is 1.78. The van der Waals surface area contributed by atoms with Crippen LogP contribution in [0, 0.1) is 0 Å². The number of rotatable bonds is 14. The van der Waals surface area contributed by atoms with E-state index in [2.05, 4.69) is 5.32 Å². The topological polar surface area (TPSA) is 92.3 Å². The van der Waals surface area contributed by atoms with E-state index in [1.165, 1.54) is 14.2 Å². The number of hydrogen-bond donors (Lipinski definition) is 1. The summed E-state index contributed by atoms with van der Waals surface area (Å²) in [6.07, 6.45) is 0.724. The van der Waals surface area contributed by atoms with E-state index in [1.54, 1.807) is 19.2 Å². The molecule has 0 unspecified atom stereocenters. The van der Waals surface area contributed by atoms with Crippen LogP contribution in [-0.4, -0.2) is 40.3 Å². The summed E-state index contributed by atoms with van der Waals surface area (Å²) in [4.78, 5) is 23.6. The maximum atomic E-state index is 12.6. The Morgan fingerprint density at radius 1 is 0.861 bits per heavy atom. The molecule has 1 N–H and O–H groups in total. The Bertz CT molecular complexity index is 1150. The first kappa shape index (κ1) is 26.6. The second kappa shape index (κ2) is 13.7. The molecular formula is C28H31NO7. The standard InChI is InChI=1S/C28H31NO7/c1-32-18-23-22(10-12-25(33-2)28(23)36-19-30)16-27(31)29-14-13-20-9-11-24(26(15-20)34-3)35-17-21-7-5-4-6-8-21/h4-12,15,19H,13-14,16-18H2,1-3H3,(H,29,31). The van der Waals surface area contributed by atoms with Crippen LogP contribution in [0.1, 0.15) is 22.3 Å². The highest BCUT2D eigenvalue weighted by Gasteiger charge is 2.18. The normalized spacial score (nSPS) is 10.4. The predicted octanol–water partition coefficient (Wildman–Crippen LogP) is 3.87. The Balaban J connectivity index is 1.58. The summed E-state index contributed by atoms with van der Waals surface area (Å²) < 4.78 is 27.0. The molecule has 8 nitrogen and oxygen atoms in total. The van der Waals surface area contributed by atoms with E-state index in [4.69, 9.17) is 23.7 Å². The summed E-state index contributed by atoms with van der Waals surface area (Å²) >= 11 is 0. The van der Waals surface area contributed by atoms with E-state index in [9.17, 15) is 9.59 Å². The van der Waals surface area contributed by atoms with Gasteiger partial charge >= 0.3 is 0 Å². The van der Waals surface area contributed by atoms with Crippen molar-refractivity contribution in [2.75, 3.05) is 27.9 Å². The van der Waals surface area contributed by atoms with Crippen molar-refractivity contribution in [2.24, 2.45) is 0 Å². The molecule has 8 heteroatoms. The smallest absolute Gasteiger partial charge is 0.298 e. The number of carbonyl (C=O) groups is 2. The molecule has 0 aliphatic carbocycles. The molecule has 0 spiro atoms. The van der Waals surface area contributed by atoms with Gasteiger partial charge in [-0.1, -0.05) is 42.5 Å². The Hall–Kier alpha value is -4.04. The van der Waals surface area contributed by atoms with Gasteiger partial charge in [-0.15, -0.1) is 0 Å². The molecule has 36 heavy (non-hydrogen) atoms. The van der Waals surface area contributed by atoms with Gasteiger partial charge in [0.15, 0.2) is 23.0 Å². The SMILES string of the molecule is COCc1c(CC(=O)NCCc2ccc(OCc3ccccc3)c(OC)c2)ccc(OC)c1OC=O. The lowest BCUT2D eigenvalue weighted by molar-refractivity contribution is -0.121. The number of methoxy groups -OCH3 is 3. The monoisotopic (exact) mass is 493 g/mol. The molecule has 3 aromatic carbocycles. The van der Waals surface area contributed by atoms with E-state index in [0.29, 0.717) is 54.4 Å². The molecule has 0 fully saturated rings. The molecule has 0 aliphatic heterocycles. The highest BCUT2D eigenvalue weighted by atomic mass is 16.5. The zero-order chi connectivity index (χ0) is 25.8. The van der Waals surface area contributed by atoms with Crippen molar-refractivity contribution in [2.45, 2.75) is 26.1 Å². The molecule has 3 rings (SSSR count). The third kappa shape index (κ3) is 7.23. The molecule has 0 aromatic heterocycles. The molecule has 0 saturated heterocycles. The molecule has 0 radical (unpaired) electrons. The van der Waals surface area contributed by atoms with E-state index in [1.807, 2.05) is 48.5 Å². The lowest BCUT2D eigenvalue weighted by Gasteiger charge is -2.16. The van der Waals surface area contributed by atoms with Gasteiger partial charge in [-0.25, -0.2) is 0 Å². The van der Waals surface area contributed by atoms with Crippen LogP contribution >= 0.6 is 0 Å². The average molecular weight is 494 g/mol. The molecule has 0 aliphatic rings. The van der Waals surface area contributed by atoms with Gasteiger partial charge in [-0.3, -0.25) is 9.59 Å². The zero-order valence-electron chi connectivity index (χ0n) is 20.7. The van der Waals surface area contributed by atoms with Gasteiger partial charge in [0.1, 0.15) is 6.61 Å². The Kier molecular flexibility index (Phi) is 10.1. The summed E-state index contributed by atoms with van der Waals surface area (Å²) in [6, 6.07) is 19.1. The van der Waals surface area contributed by atoms with Gasteiger partial charge in [0, 0.05) is 19.2 Å². The third-order valence-electron chi connectivity index (χ3n) is 5.55. The quantitative estimate of drug-likeness (QED) is 0.341. The third-order valence-corrected chi connectivity index (χ3v) is 5.55. The minimum absolute atomic E-state index is 0.105. The number of ether oxygens (including phenoxy) is 5. The molecule has 1 amide bonds. The largest absolute Gasteiger partial charge is 0.493 e. The van der Waals surface area contributed by atoms with Crippen molar-refractivity contribution >= 4 is 12.4 Å². The highest BCUT2D eigenvalue weighted by Crippen LogP contribution is 2.34. The minimum atomic E-state index is -0.163. The number of benzene rings is 3. The first-order valence-electron chi connectivity index (χ1n) is 11.5. The van der Waals surface area contributed by atoms with Crippen molar-refractivity contribution in [1.29, 1.82) is 0 Å². The van der Waals surface area contributed by atoms with Crippen LogP contribution in [0.4, 0.5) is 0 Å². The highest BCUT2D eigenvalue weighted by molar-refractivity contribution is 5.79. The fourth-order valence-corrected chi connectivity index (χ4v) is 3.76. The number of nitrogens with one attached hydrogen (secondary N) is 1. The lowest BCUT2D eigenvalue weighted by Crippen LogP contribution is -2.27. The molecule has 0 heterocycles. The predicted molar refractivity (Wildman–Crippen MR) is 135 cm³/mol. The fourth-order valence-electron chi connectivity index (χ4n) is 3.76. The summed E-state index contributed by atoms with van der Waals surface area (Å²) in [6.45, 7) is 1.39. The van der Waals surface area contributed by atoms with Crippen molar-refractivity contribution in [1.82, 2.24) is 5.32 Å². The van der Waals surface area contributed by atoms with Crippen LogP contribution in [-0.2, 0) is 40.4 Å². The molecular weight excluding hydrogens is 462 g/mol. The van der Waals surface area contributed by atoms with Crippen LogP contribution in [0.25, 0.3) is 0 Å². The molecule has 0 saturated carbocycles. The number of carbonyl (C=O) groups excluding carboxylic acids is 2. The summed E-state index contributed by atoms with van der Waals surface area (Å²) in [7, 11) is 4.61. The maximum absolute atomic E-state index is 12.6. The van der Waals surface area contributed by atoms with Crippen LogP contribution in [0.15, 0.2) is 60.7 Å². The first-order chi connectivity index (χ1) is 17.6. The first-order valence-corrected chi connectivity index (χ1v) is 11.5. The molecule has 190 valence electrons. The Labute approximate surface area is 211 Å². The summed E-state index contributed by atoms with van der Waals surface area (Å²) in [5, 5.41) is 2.93. The van der Waals surface area contributed by atoms with E-state index in [-0.39, 0.29) is 24.7 Å². The minimum Gasteiger partial charge on any atom is -0.493 e. The van der Waals surface area contributed by atoms with Gasteiger partial charge in [0.05, 0.1) is 27.2 Å². The van der Waals surface area contributed by atoms with Crippen LogP contribution in [0.5, 0.6) is 23.0 Å². The van der Waals surface area contributed by atoms with Gasteiger partial charge in [-0.05, 0) is 41.3 Å². The summed E-state index contributed by atoms with van der Waals surface area (Å²) in [5.41, 5.74) is 3.36. The second-order valence-corrected chi connectivity index (χ2v) is 7.92. The van der Waals surface area contributed by atoms with Crippen LogP contribution < -0.4 is 24.3 Å². The Morgan fingerprint density at radius 3 is 2.31 bits per heavy atom. The van der Waals surface area contributed by atoms with Crippen LogP contribution in [0.3, 0.4) is 0 Å². The maximum Gasteiger partial charge on any atom is 0.298 e. The van der Waals surface area contributed by atoms with Crippen molar-refractivity contribution in [3.63, 3.8) is 0 Å². The van der Waals surface area contributed by atoms with Crippen LogP contribution in [0.2, 0.25) is 0 Å². The van der Waals surface area contributed by atoms with E-state index in [0.717, 1.165) is 11.1 Å². The Morgan fingerprint density at radius 2 is 1.61 bits per heavy atom.